The number of aliphatic carboxylic acids is 1. The van der Waals surface area contributed by atoms with Crippen LogP contribution < -0.4 is 0 Å². The number of carboxylic acid groups (broad SMARTS) is 1. The highest BCUT2D eigenvalue weighted by atomic mass is 16.6. The van der Waals surface area contributed by atoms with E-state index >= 15 is 0 Å². The summed E-state index contributed by atoms with van der Waals surface area (Å²) >= 11 is 0. The molecule has 3 heterocycles. The first-order valence-corrected chi connectivity index (χ1v) is 11.8. The summed E-state index contributed by atoms with van der Waals surface area (Å²) in [4.78, 5) is 43.0. The van der Waals surface area contributed by atoms with Gasteiger partial charge in [-0.1, -0.05) is 60.7 Å². The van der Waals surface area contributed by atoms with Gasteiger partial charge in [0.15, 0.2) is 5.60 Å². The van der Waals surface area contributed by atoms with Crippen molar-refractivity contribution in [3.8, 4) is 0 Å². The van der Waals surface area contributed by atoms with Crippen LogP contribution >= 0.6 is 0 Å². The number of rotatable bonds is 5. The maximum Gasteiger partial charge on any atom is 0.411 e. The number of cyclic esters (lactones) is 1. The van der Waals surface area contributed by atoms with Crippen LogP contribution in [0.4, 0.5) is 4.79 Å². The zero-order valence-corrected chi connectivity index (χ0v) is 19.0. The van der Waals surface area contributed by atoms with Gasteiger partial charge in [0.2, 0.25) is 5.91 Å². The predicted molar refractivity (Wildman–Crippen MR) is 124 cm³/mol. The molecule has 0 aromatic heterocycles. The highest BCUT2D eigenvalue weighted by Gasteiger charge is 2.58. The number of carbonyl (C=O) groups is 3. The summed E-state index contributed by atoms with van der Waals surface area (Å²) < 4.78 is 6.18. The van der Waals surface area contributed by atoms with Crippen molar-refractivity contribution in [3.05, 3.63) is 71.8 Å². The van der Waals surface area contributed by atoms with Crippen molar-refractivity contribution in [2.45, 2.75) is 24.5 Å². The van der Waals surface area contributed by atoms with E-state index in [1.165, 1.54) is 0 Å². The fourth-order valence-corrected chi connectivity index (χ4v) is 5.64. The number of nitrogens with zero attached hydrogens (tertiary/aromatic N) is 3. The number of carbonyl (C=O) groups excluding carboxylic acids is 2. The van der Waals surface area contributed by atoms with E-state index in [0.29, 0.717) is 45.6 Å². The van der Waals surface area contributed by atoms with Crippen LogP contribution in [0.3, 0.4) is 0 Å². The highest BCUT2D eigenvalue weighted by Crippen LogP contribution is 2.46. The Labute approximate surface area is 198 Å². The second-order valence-corrected chi connectivity index (χ2v) is 9.27. The van der Waals surface area contributed by atoms with E-state index in [1.807, 2.05) is 70.5 Å². The third kappa shape index (κ3) is 3.92. The van der Waals surface area contributed by atoms with Gasteiger partial charge >= 0.3 is 12.1 Å². The number of carboxylic acids is 1. The molecule has 1 unspecified atom stereocenters. The lowest BCUT2D eigenvalue weighted by Crippen LogP contribution is -2.59. The topological polar surface area (TPSA) is 90.4 Å². The zero-order valence-electron chi connectivity index (χ0n) is 19.0. The second kappa shape index (κ2) is 9.10. The van der Waals surface area contributed by atoms with E-state index in [1.54, 1.807) is 4.90 Å². The van der Waals surface area contributed by atoms with Crippen molar-refractivity contribution in [2.24, 2.45) is 5.92 Å². The molecule has 0 saturated carbocycles. The molecule has 5 rings (SSSR count). The molecule has 0 radical (unpaired) electrons. The lowest BCUT2D eigenvalue weighted by Gasteiger charge is -2.43. The predicted octanol–water partition coefficient (Wildman–Crippen LogP) is 2.39. The van der Waals surface area contributed by atoms with Gasteiger partial charge < -0.3 is 14.7 Å². The summed E-state index contributed by atoms with van der Waals surface area (Å²) in [5, 5.41) is 9.03. The Bertz CT molecular complexity index is 1010. The molecule has 1 N–H and O–H groups in total. The molecule has 3 saturated heterocycles. The second-order valence-electron chi connectivity index (χ2n) is 9.27. The van der Waals surface area contributed by atoms with Crippen LogP contribution in [-0.4, -0.2) is 83.1 Å². The van der Waals surface area contributed by atoms with Crippen LogP contribution in [0.5, 0.6) is 0 Å². The number of fused-ring (bicyclic) bond motifs is 1. The minimum Gasteiger partial charge on any atom is -0.480 e. The Morgan fingerprint density at radius 3 is 2.06 bits per heavy atom. The molecule has 34 heavy (non-hydrogen) atoms. The molecule has 0 aliphatic carbocycles. The van der Waals surface area contributed by atoms with E-state index in [-0.39, 0.29) is 30.5 Å². The Morgan fingerprint density at radius 1 is 0.912 bits per heavy atom. The molecular weight excluding hydrogens is 434 g/mol. The van der Waals surface area contributed by atoms with E-state index < -0.39 is 11.6 Å². The quantitative estimate of drug-likeness (QED) is 0.732. The van der Waals surface area contributed by atoms with E-state index in [9.17, 15) is 14.4 Å². The minimum absolute atomic E-state index is 0.0117. The first-order chi connectivity index (χ1) is 16.5. The lowest BCUT2D eigenvalue weighted by molar-refractivity contribution is -0.141. The Morgan fingerprint density at radius 2 is 1.50 bits per heavy atom. The van der Waals surface area contributed by atoms with Crippen molar-refractivity contribution in [1.82, 2.24) is 14.7 Å². The molecule has 8 nitrogen and oxygen atoms in total. The summed E-state index contributed by atoms with van der Waals surface area (Å²) in [6, 6.07) is 19.2. The van der Waals surface area contributed by atoms with E-state index in [0.717, 1.165) is 11.1 Å². The molecule has 8 heteroatoms. The van der Waals surface area contributed by atoms with Crippen LogP contribution in [0, 0.1) is 5.92 Å². The number of piperazine rings is 1. The molecule has 0 bridgehead atoms. The Hall–Kier alpha value is -3.39. The molecule has 0 spiro atoms. The smallest absolute Gasteiger partial charge is 0.411 e. The molecule has 3 fully saturated rings. The number of benzene rings is 2. The van der Waals surface area contributed by atoms with Gasteiger partial charge in [-0.25, -0.2) is 4.79 Å². The van der Waals surface area contributed by atoms with Crippen molar-refractivity contribution in [2.75, 3.05) is 39.3 Å². The first kappa shape index (κ1) is 22.4. The summed E-state index contributed by atoms with van der Waals surface area (Å²) in [7, 11) is 0. The van der Waals surface area contributed by atoms with Crippen LogP contribution in [0.15, 0.2) is 60.7 Å². The van der Waals surface area contributed by atoms with Gasteiger partial charge in [0, 0.05) is 36.7 Å². The van der Waals surface area contributed by atoms with Gasteiger partial charge in [0.25, 0.3) is 0 Å². The molecule has 2 aromatic rings. The van der Waals surface area contributed by atoms with Crippen molar-refractivity contribution in [1.29, 1.82) is 0 Å². The Balaban J connectivity index is 1.41. The van der Waals surface area contributed by atoms with Gasteiger partial charge in [-0.15, -0.1) is 0 Å². The number of hydrogen-bond acceptors (Lipinski definition) is 5. The third-order valence-electron chi connectivity index (χ3n) is 7.35. The third-order valence-corrected chi connectivity index (χ3v) is 7.35. The maximum absolute atomic E-state index is 13.5. The fourth-order valence-electron chi connectivity index (χ4n) is 5.64. The van der Waals surface area contributed by atoms with Crippen LogP contribution in [0.25, 0.3) is 0 Å². The Kier molecular flexibility index (Phi) is 6.00. The van der Waals surface area contributed by atoms with Crippen molar-refractivity contribution < 1.29 is 24.2 Å². The summed E-state index contributed by atoms with van der Waals surface area (Å²) in [5.41, 5.74) is 0.778. The normalized spacial score (nSPS) is 22.8. The number of hydrogen-bond donors (Lipinski definition) is 1. The minimum atomic E-state index is -0.997. The number of piperidine rings is 1. The van der Waals surface area contributed by atoms with Gasteiger partial charge in [-0.3, -0.25) is 19.4 Å². The van der Waals surface area contributed by atoms with Crippen molar-refractivity contribution >= 4 is 18.0 Å². The van der Waals surface area contributed by atoms with Crippen LogP contribution in [0.2, 0.25) is 0 Å². The van der Waals surface area contributed by atoms with Gasteiger partial charge in [0.05, 0.1) is 6.54 Å². The largest absolute Gasteiger partial charge is 0.480 e. The average molecular weight is 464 g/mol. The van der Waals surface area contributed by atoms with E-state index in [2.05, 4.69) is 0 Å². The highest BCUT2D eigenvalue weighted by molar-refractivity contribution is 5.80. The summed E-state index contributed by atoms with van der Waals surface area (Å²) in [6.45, 7) is 2.51. The molecule has 2 amide bonds. The molecule has 2 aromatic carbocycles. The summed E-state index contributed by atoms with van der Waals surface area (Å²) in [5.74, 6) is -0.883. The number of ether oxygens (including phenoxy) is 1. The fraction of sp³-hybridized carbons (Fsp3) is 0.423. The summed E-state index contributed by atoms with van der Waals surface area (Å²) in [6.07, 6.45) is 0.941. The number of amides is 2. The molecular formula is C26H29N3O5. The van der Waals surface area contributed by atoms with Gasteiger partial charge in [0.1, 0.15) is 6.04 Å². The average Bonchev–Trinajstić information content (AvgIpc) is 3.17. The SMILES string of the molecule is O=C(O)CN1CCC(C(=O)N2CCN3C(=O)OC(c4ccccc4)(c4ccccc4)C3C2)CC1. The lowest BCUT2D eigenvalue weighted by atomic mass is 9.79. The van der Waals surface area contributed by atoms with E-state index in [4.69, 9.17) is 9.84 Å². The number of likely N-dealkylation sites (tertiary alicyclic amines) is 1. The molecule has 178 valence electrons. The maximum atomic E-state index is 13.5. The van der Waals surface area contributed by atoms with Gasteiger partial charge in [-0.05, 0) is 25.9 Å². The molecule has 1 atom stereocenters. The zero-order chi connectivity index (χ0) is 23.7. The van der Waals surface area contributed by atoms with Gasteiger partial charge in [-0.2, -0.15) is 0 Å². The van der Waals surface area contributed by atoms with Crippen LogP contribution in [-0.2, 0) is 19.9 Å². The standard InChI is InChI=1S/C26H29N3O5/c30-23(31)18-27-13-11-19(12-14-27)24(32)28-15-16-29-22(17-28)26(34-25(29)33,20-7-3-1-4-8-20)21-9-5-2-6-10-21/h1-10,19,22H,11-18H2,(H,30,31). The van der Waals surface area contributed by atoms with Crippen LogP contribution in [0.1, 0.15) is 24.0 Å². The molecule has 3 aliphatic heterocycles. The first-order valence-electron chi connectivity index (χ1n) is 11.8. The molecule has 3 aliphatic rings. The van der Waals surface area contributed by atoms with Crippen molar-refractivity contribution in [3.63, 3.8) is 0 Å². The monoisotopic (exact) mass is 463 g/mol.